The Morgan fingerprint density at radius 2 is 1.77 bits per heavy atom. The summed E-state index contributed by atoms with van der Waals surface area (Å²) in [6, 6.07) is 0. The van der Waals surface area contributed by atoms with Crippen molar-refractivity contribution in [2.75, 3.05) is 13.1 Å². The number of likely N-dealkylation sites (tertiary alicyclic amines) is 1. The zero-order chi connectivity index (χ0) is 9.26. The Hall–Kier alpha value is -0.600. The van der Waals surface area contributed by atoms with Crippen molar-refractivity contribution in [3.05, 3.63) is 0 Å². The molecule has 2 nitrogen and oxygen atoms in total. The van der Waals surface area contributed by atoms with E-state index in [2.05, 4.69) is 0 Å². The Morgan fingerprint density at radius 3 is 2.31 bits per heavy atom. The quantitative estimate of drug-likeness (QED) is 0.609. The van der Waals surface area contributed by atoms with E-state index >= 15 is 0 Å². The molecule has 0 aromatic rings. The SMILES string of the molecule is O=C(C1CCCCC1)N1CC(F)C1. The summed E-state index contributed by atoms with van der Waals surface area (Å²) in [5, 5.41) is 0. The number of nitrogens with zero attached hydrogens (tertiary/aromatic N) is 1. The van der Waals surface area contributed by atoms with Crippen LogP contribution in [0.4, 0.5) is 4.39 Å². The van der Waals surface area contributed by atoms with Crippen LogP contribution in [0, 0.1) is 5.92 Å². The number of amides is 1. The highest BCUT2D eigenvalue weighted by Crippen LogP contribution is 2.27. The summed E-state index contributed by atoms with van der Waals surface area (Å²) in [4.78, 5) is 13.4. The van der Waals surface area contributed by atoms with Gasteiger partial charge in [-0.2, -0.15) is 0 Å². The number of hydrogen-bond acceptors (Lipinski definition) is 1. The summed E-state index contributed by atoms with van der Waals surface area (Å²) in [7, 11) is 0. The molecule has 0 aromatic carbocycles. The largest absolute Gasteiger partial charge is 0.336 e. The Labute approximate surface area is 78.1 Å². The van der Waals surface area contributed by atoms with Crippen LogP contribution < -0.4 is 0 Å². The fourth-order valence-electron chi connectivity index (χ4n) is 2.21. The third-order valence-corrected chi connectivity index (χ3v) is 3.10. The molecule has 0 bridgehead atoms. The van der Waals surface area contributed by atoms with Crippen molar-refractivity contribution < 1.29 is 9.18 Å². The second kappa shape index (κ2) is 3.64. The zero-order valence-corrected chi connectivity index (χ0v) is 7.84. The molecular weight excluding hydrogens is 169 g/mol. The number of hydrogen-bond donors (Lipinski definition) is 0. The van der Waals surface area contributed by atoms with E-state index in [1.807, 2.05) is 0 Å². The molecule has 74 valence electrons. The molecule has 1 saturated carbocycles. The highest BCUT2D eigenvalue weighted by molar-refractivity contribution is 5.79. The summed E-state index contributed by atoms with van der Waals surface area (Å²) in [6.07, 6.45) is 4.88. The van der Waals surface area contributed by atoms with E-state index in [0.717, 1.165) is 12.8 Å². The van der Waals surface area contributed by atoms with E-state index < -0.39 is 6.17 Å². The molecule has 0 spiro atoms. The molecule has 2 rings (SSSR count). The lowest BCUT2D eigenvalue weighted by molar-refractivity contribution is -0.143. The van der Waals surface area contributed by atoms with Crippen LogP contribution in [0.5, 0.6) is 0 Å². The normalized spacial score (nSPS) is 25.8. The summed E-state index contributed by atoms with van der Waals surface area (Å²) in [6.45, 7) is 0.685. The van der Waals surface area contributed by atoms with Gasteiger partial charge in [-0.1, -0.05) is 19.3 Å². The Bertz CT molecular complexity index is 195. The van der Waals surface area contributed by atoms with Gasteiger partial charge in [0.15, 0.2) is 0 Å². The number of halogens is 1. The van der Waals surface area contributed by atoms with Crippen molar-refractivity contribution in [3.8, 4) is 0 Å². The van der Waals surface area contributed by atoms with Crippen LogP contribution in [0.25, 0.3) is 0 Å². The molecule has 1 amide bonds. The molecule has 1 aliphatic carbocycles. The van der Waals surface area contributed by atoms with Gasteiger partial charge in [-0.15, -0.1) is 0 Å². The average Bonchev–Trinajstić information content (AvgIpc) is 2.13. The van der Waals surface area contributed by atoms with Crippen LogP contribution in [0.15, 0.2) is 0 Å². The maximum Gasteiger partial charge on any atom is 0.225 e. The van der Waals surface area contributed by atoms with Gasteiger partial charge in [-0.25, -0.2) is 4.39 Å². The van der Waals surface area contributed by atoms with Crippen LogP contribution in [-0.4, -0.2) is 30.1 Å². The van der Waals surface area contributed by atoms with Gasteiger partial charge < -0.3 is 4.90 Å². The van der Waals surface area contributed by atoms with Crippen LogP contribution in [-0.2, 0) is 4.79 Å². The average molecular weight is 185 g/mol. The second-order valence-corrected chi connectivity index (χ2v) is 4.18. The molecule has 3 heteroatoms. The van der Waals surface area contributed by atoms with Crippen molar-refractivity contribution in [3.63, 3.8) is 0 Å². The molecule has 1 aliphatic heterocycles. The number of alkyl halides is 1. The van der Waals surface area contributed by atoms with Crippen molar-refractivity contribution in [2.45, 2.75) is 38.3 Å². The Balaban J connectivity index is 1.82. The predicted octanol–water partition coefficient (Wildman–Crippen LogP) is 1.75. The van der Waals surface area contributed by atoms with Crippen molar-refractivity contribution in [2.24, 2.45) is 5.92 Å². The zero-order valence-electron chi connectivity index (χ0n) is 7.84. The number of carbonyl (C=O) groups excluding carboxylic acids is 1. The summed E-state index contributed by atoms with van der Waals surface area (Å²) in [5.74, 6) is 0.412. The molecule has 1 saturated heterocycles. The lowest BCUT2D eigenvalue weighted by Crippen LogP contribution is -2.53. The number of carbonyl (C=O) groups is 1. The lowest BCUT2D eigenvalue weighted by atomic mass is 9.87. The van der Waals surface area contributed by atoms with Crippen molar-refractivity contribution >= 4 is 5.91 Å². The molecule has 0 radical (unpaired) electrons. The van der Waals surface area contributed by atoms with Crippen LogP contribution in [0.2, 0.25) is 0 Å². The molecule has 0 unspecified atom stereocenters. The molecule has 2 fully saturated rings. The van der Waals surface area contributed by atoms with Crippen molar-refractivity contribution in [1.82, 2.24) is 4.90 Å². The topological polar surface area (TPSA) is 20.3 Å². The van der Waals surface area contributed by atoms with E-state index in [1.165, 1.54) is 19.3 Å². The lowest BCUT2D eigenvalue weighted by Gasteiger charge is -2.37. The first-order valence-corrected chi connectivity index (χ1v) is 5.20. The van der Waals surface area contributed by atoms with Gasteiger partial charge in [-0.05, 0) is 12.8 Å². The minimum absolute atomic E-state index is 0.202. The summed E-state index contributed by atoms with van der Waals surface area (Å²) >= 11 is 0. The molecular formula is C10H16FNO. The van der Waals surface area contributed by atoms with E-state index in [-0.39, 0.29) is 11.8 Å². The van der Waals surface area contributed by atoms with Gasteiger partial charge in [0, 0.05) is 5.92 Å². The van der Waals surface area contributed by atoms with Crippen LogP contribution >= 0.6 is 0 Å². The molecule has 0 atom stereocenters. The standard InChI is InChI=1S/C10H16FNO/c11-9-6-12(7-9)10(13)8-4-2-1-3-5-8/h8-9H,1-7H2. The van der Waals surface area contributed by atoms with Gasteiger partial charge in [0.05, 0.1) is 13.1 Å². The minimum atomic E-state index is -0.757. The Morgan fingerprint density at radius 1 is 1.15 bits per heavy atom. The van der Waals surface area contributed by atoms with Gasteiger partial charge in [0.2, 0.25) is 5.91 Å². The molecule has 1 heterocycles. The fraction of sp³-hybridized carbons (Fsp3) is 0.900. The Kier molecular flexibility index (Phi) is 2.51. The second-order valence-electron chi connectivity index (χ2n) is 4.18. The van der Waals surface area contributed by atoms with E-state index in [0.29, 0.717) is 13.1 Å². The van der Waals surface area contributed by atoms with Gasteiger partial charge in [0.25, 0.3) is 0 Å². The van der Waals surface area contributed by atoms with Gasteiger partial charge >= 0.3 is 0 Å². The highest BCUT2D eigenvalue weighted by Gasteiger charge is 2.34. The van der Waals surface area contributed by atoms with Gasteiger partial charge in [0.1, 0.15) is 6.17 Å². The first-order valence-electron chi connectivity index (χ1n) is 5.20. The minimum Gasteiger partial charge on any atom is -0.336 e. The summed E-state index contributed by atoms with van der Waals surface area (Å²) < 4.78 is 12.5. The number of rotatable bonds is 1. The first-order chi connectivity index (χ1) is 6.27. The molecule has 0 aromatic heterocycles. The monoisotopic (exact) mass is 185 g/mol. The molecule has 0 N–H and O–H groups in total. The maximum atomic E-state index is 12.5. The maximum absolute atomic E-state index is 12.5. The van der Waals surface area contributed by atoms with Crippen LogP contribution in [0.1, 0.15) is 32.1 Å². The van der Waals surface area contributed by atoms with Crippen molar-refractivity contribution in [1.29, 1.82) is 0 Å². The summed E-state index contributed by atoms with van der Waals surface area (Å²) in [5.41, 5.74) is 0. The van der Waals surface area contributed by atoms with Crippen LogP contribution in [0.3, 0.4) is 0 Å². The third-order valence-electron chi connectivity index (χ3n) is 3.10. The predicted molar refractivity (Wildman–Crippen MR) is 48.1 cm³/mol. The smallest absolute Gasteiger partial charge is 0.225 e. The van der Waals surface area contributed by atoms with E-state index in [9.17, 15) is 9.18 Å². The molecule has 13 heavy (non-hydrogen) atoms. The third kappa shape index (κ3) is 1.84. The fourth-order valence-corrected chi connectivity index (χ4v) is 2.21. The first kappa shape index (κ1) is 8.97. The van der Waals surface area contributed by atoms with Gasteiger partial charge in [-0.3, -0.25) is 4.79 Å². The van der Waals surface area contributed by atoms with E-state index in [1.54, 1.807) is 4.90 Å². The molecule has 2 aliphatic rings. The highest BCUT2D eigenvalue weighted by atomic mass is 19.1. The van der Waals surface area contributed by atoms with E-state index in [4.69, 9.17) is 0 Å².